The second-order valence-corrected chi connectivity index (χ2v) is 6.79. The highest BCUT2D eigenvalue weighted by Gasteiger charge is 2.20. The molecule has 2 aromatic rings. The Balaban J connectivity index is 1.80. The van der Waals surface area contributed by atoms with Crippen molar-refractivity contribution >= 4 is 34.7 Å². The van der Waals surface area contributed by atoms with E-state index in [4.69, 9.17) is 0 Å². The van der Waals surface area contributed by atoms with E-state index in [1.807, 2.05) is 35.9 Å². The summed E-state index contributed by atoms with van der Waals surface area (Å²) in [6, 6.07) is 7.98. The average Bonchev–Trinajstić information content (AvgIpc) is 2.91. The number of benzene rings is 1. The van der Waals surface area contributed by atoms with Crippen LogP contribution < -0.4 is 5.32 Å². The van der Waals surface area contributed by atoms with Crippen molar-refractivity contribution in [3.63, 3.8) is 0 Å². The molecular formula is C16H17NOS2. The Morgan fingerprint density at radius 3 is 3.00 bits per heavy atom. The Kier molecular flexibility index (Phi) is 4.13. The molecule has 0 fully saturated rings. The number of nitrogens with one attached hydrogen (secondary N) is 1. The number of anilines is 1. The molecule has 0 atom stereocenters. The molecule has 1 N–H and O–H groups in total. The average molecular weight is 303 g/mol. The maximum absolute atomic E-state index is 12.4. The van der Waals surface area contributed by atoms with Crippen molar-refractivity contribution < 1.29 is 4.79 Å². The second-order valence-electron chi connectivity index (χ2n) is 4.94. The first-order valence-corrected chi connectivity index (χ1v) is 8.93. The van der Waals surface area contributed by atoms with E-state index in [1.165, 1.54) is 23.3 Å². The van der Waals surface area contributed by atoms with Crippen LogP contribution in [0.4, 0.5) is 5.69 Å². The molecule has 1 aromatic heterocycles. The summed E-state index contributed by atoms with van der Waals surface area (Å²) in [6.45, 7) is 0. The highest BCUT2D eigenvalue weighted by atomic mass is 32.2. The minimum atomic E-state index is 0.0302. The molecule has 0 bridgehead atoms. The van der Waals surface area contributed by atoms with Gasteiger partial charge < -0.3 is 5.32 Å². The zero-order valence-electron chi connectivity index (χ0n) is 11.4. The number of rotatable bonds is 3. The predicted molar refractivity (Wildman–Crippen MR) is 87.1 cm³/mol. The molecule has 0 saturated heterocycles. The Hall–Kier alpha value is -1.26. The summed E-state index contributed by atoms with van der Waals surface area (Å²) in [5.74, 6) is 0.0302. The molecule has 4 heteroatoms. The molecule has 0 saturated carbocycles. The molecule has 1 aliphatic rings. The number of amides is 1. The van der Waals surface area contributed by atoms with Crippen LogP contribution in [0.5, 0.6) is 0 Å². The van der Waals surface area contributed by atoms with Crippen LogP contribution in [-0.4, -0.2) is 12.2 Å². The van der Waals surface area contributed by atoms with Crippen molar-refractivity contribution in [2.75, 3.05) is 11.6 Å². The number of carbonyl (C=O) groups is 1. The van der Waals surface area contributed by atoms with Crippen LogP contribution in [0.2, 0.25) is 0 Å². The zero-order chi connectivity index (χ0) is 13.9. The Labute approximate surface area is 127 Å². The lowest BCUT2D eigenvalue weighted by Gasteiger charge is -2.13. The van der Waals surface area contributed by atoms with Gasteiger partial charge in [-0.05, 0) is 55.7 Å². The van der Waals surface area contributed by atoms with Gasteiger partial charge in [-0.15, -0.1) is 23.1 Å². The quantitative estimate of drug-likeness (QED) is 0.840. The Morgan fingerprint density at radius 1 is 1.30 bits per heavy atom. The summed E-state index contributed by atoms with van der Waals surface area (Å²) in [5, 5.41) is 5.04. The highest BCUT2D eigenvalue weighted by molar-refractivity contribution is 7.98. The van der Waals surface area contributed by atoms with E-state index in [-0.39, 0.29) is 5.91 Å². The Morgan fingerprint density at radius 2 is 2.15 bits per heavy atom. The van der Waals surface area contributed by atoms with Crippen molar-refractivity contribution in [2.45, 2.75) is 30.6 Å². The molecule has 104 valence electrons. The topological polar surface area (TPSA) is 29.1 Å². The minimum absolute atomic E-state index is 0.0302. The fourth-order valence-electron chi connectivity index (χ4n) is 2.58. The van der Waals surface area contributed by atoms with E-state index in [0.29, 0.717) is 0 Å². The van der Waals surface area contributed by atoms with Gasteiger partial charge in [0, 0.05) is 20.8 Å². The second kappa shape index (κ2) is 6.02. The first-order valence-electron chi connectivity index (χ1n) is 6.82. The van der Waals surface area contributed by atoms with Gasteiger partial charge in [-0.2, -0.15) is 0 Å². The van der Waals surface area contributed by atoms with Crippen molar-refractivity contribution in [1.82, 2.24) is 0 Å². The van der Waals surface area contributed by atoms with Gasteiger partial charge in [0.15, 0.2) is 0 Å². The van der Waals surface area contributed by atoms with E-state index < -0.39 is 0 Å². The first-order chi connectivity index (χ1) is 9.78. The SMILES string of the molecule is CSc1cccc(NC(=O)c2csc3c2CCCC3)c1. The third-order valence-electron chi connectivity index (χ3n) is 3.63. The number of hydrogen-bond acceptors (Lipinski definition) is 3. The van der Waals surface area contributed by atoms with Crippen molar-refractivity contribution in [1.29, 1.82) is 0 Å². The highest BCUT2D eigenvalue weighted by Crippen LogP contribution is 2.30. The lowest BCUT2D eigenvalue weighted by molar-refractivity contribution is 0.102. The molecular weight excluding hydrogens is 286 g/mol. The molecule has 3 rings (SSSR count). The maximum atomic E-state index is 12.4. The van der Waals surface area contributed by atoms with E-state index in [9.17, 15) is 4.79 Å². The minimum Gasteiger partial charge on any atom is -0.322 e. The summed E-state index contributed by atoms with van der Waals surface area (Å²) in [6.07, 6.45) is 6.67. The van der Waals surface area contributed by atoms with Crippen LogP contribution in [0.25, 0.3) is 0 Å². The van der Waals surface area contributed by atoms with Gasteiger partial charge in [0.1, 0.15) is 0 Å². The Bertz CT molecular complexity index is 633. The zero-order valence-corrected chi connectivity index (χ0v) is 13.1. The molecule has 0 aliphatic heterocycles. The van der Waals surface area contributed by atoms with Gasteiger partial charge >= 0.3 is 0 Å². The molecule has 1 aromatic carbocycles. The smallest absolute Gasteiger partial charge is 0.256 e. The lowest BCUT2D eigenvalue weighted by atomic mass is 9.95. The summed E-state index contributed by atoms with van der Waals surface area (Å²) in [5.41, 5.74) is 3.02. The number of fused-ring (bicyclic) bond motifs is 1. The molecule has 1 amide bonds. The van der Waals surface area contributed by atoms with E-state index in [2.05, 4.69) is 5.32 Å². The van der Waals surface area contributed by atoms with Gasteiger partial charge in [-0.25, -0.2) is 0 Å². The number of carbonyl (C=O) groups excluding carboxylic acids is 1. The van der Waals surface area contributed by atoms with Crippen molar-refractivity contribution in [3.8, 4) is 0 Å². The van der Waals surface area contributed by atoms with Gasteiger partial charge in [-0.1, -0.05) is 6.07 Å². The van der Waals surface area contributed by atoms with Crippen LogP contribution in [0.1, 0.15) is 33.6 Å². The molecule has 20 heavy (non-hydrogen) atoms. The van der Waals surface area contributed by atoms with Crippen LogP contribution in [-0.2, 0) is 12.8 Å². The summed E-state index contributed by atoms with van der Waals surface area (Å²) >= 11 is 3.41. The summed E-state index contributed by atoms with van der Waals surface area (Å²) in [7, 11) is 0. The van der Waals surface area contributed by atoms with Crippen molar-refractivity contribution in [2.24, 2.45) is 0 Å². The van der Waals surface area contributed by atoms with Crippen molar-refractivity contribution in [3.05, 3.63) is 45.6 Å². The predicted octanol–water partition coefficient (Wildman–Crippen LogP) is 4.60. The third-order valence-corrected chi connectivity index (χ3v) is 5.45. The largest absolute Gasteiger partial charge is 0.322 e. The molecule has 1 heterocycles. The van der Waals surface area contributed by atoms with Gasteiger partial charge in [0.25, 0.3) is 5.91 Å². The number of aryl methyl sites for hydroxylation is 1. The molecule has 2 nitrogen and oxygen atoms in total. The fourth-order valence-corrected chi connectivity index (χ4v) is 4.17. The van der Waals surface area contributed by atoms with E-state index >= 15 is 0 Å². The van der Waals surface area contributed by atoms with Gasteiger partial charge in [-0.3, -0.25) is 4.79 Å². The van der Waals surface area contributed by atoms with E-state index in [0.717, 1.165) is 29.0 Å². The maximum Gasteiger partial charge on any atom is 0.256 e. The standard InChI is InChI=1S/C16H17NOS2/c1-19-12-6-4-5-11(9-12)17-16(18)14-10-20-15-8-3-2-7-13(14)15/h4-6,9-10H,2-3,7-8H2,1H3,(H,17,18). The van der Waals surface area contributed by atoms with Crippen LogP contribution >= 0.6 is 23.1 Å². The molecule has 1 aliphatic carbocycles. The first kappa shape index (κ1) is 13.7. The number of hydrogen-bond donors (Lipinski definition) is 1. The van der Waals surface area contributed by atoms with E-state index in [1.54, 1.807) is 23.1 Å². The lowest BCUT2D eigenvalue weighted by Crippen LogP contribution is -2.14. The summed E-state index contributed by atoms with van der Waals surface area (Å²) < 4.78 is 0. The molecule has 0 unspecified atom stereocenters. The molecule has 0 spiro atoms. The van der Waals surface area contributed by atoms with Gasteiger partial charge in [0.2, 0.25) is 0 Å². The monoisotopic (exact) mass is 303 g/mol. The normalized spacial score (nSPS) is 13.8. The fraction of sp³-hybridized carbons (Fsp3) is 0.312. The number of thiophene rings is 1. The summed E-state index contributed by atoms with van der Waals surface area (Å²) in [4.78, 5) is 15.0. The van der Waals surface area contributed by atoms with Gasteiger partial charge in [0.05, 0.1) is 5.56 Å². The third kappa shape index (κ3) is 2.76. The van der Waals surface area contributed by atoms with Crippen LogP contribution in [0, 0.1) is 0 Å². The van der Waals surface area contributed by atoms with Crippen LogP contribution in [0.3, 0.4) is 0 Å². The number of thioether (sulfide) groups is 1. The molecule has 0 radical (unpaired) electrons. The van der Waals surface area contributed by atoms with Crippen LogP contribution in [0.15, 0.2) is 34.5 Å².